The zero-order chi connectivity index (χ0) is 11.0. The van der Waals surface area contributed by atoms with Crippen molar-refractivity contribution in [3.05, 3.63) is 0 Å². The molecule has 0 aliphatic carbocycles. The molecular formula is C13H29As. The van der Waals surface area contributed by atoms with Crippen molar-refractivity contribution in [2.45, 2.75) is 81.3 Å². The Morgan fingerprint density at radius 1 is 0.857 bits per heavy atom. The summed E-state index contributed by atoms with van der Waals surface area (Å²) >= 11 is -0.550. The molecule has 0 saturated heterocycles. The number of hydrogen-bond donors (Lipinski definition) is 0. The van der Waals surface area contributed by atoms with Crippen LogP contribution in [0, 0.1) is 0 Å². The third-order valence-corrected chi connectivity index (χ3v) is 11.1. The third-order valence-electron chi connectivity index (χ3n) is 3.28. The van der Waals surface area contributed by atoms with E-state index in [0.29, 0.717) is 4.20 Å². The summed E-state index contributed by atoms with van der Waals surface area (Å²) in [5, 5.41) is 3.18. The number of hydrogen-bond acceptors (Lipinski definition) is 0. The third kappa shape index (κ3) is 5.44. The van der Waals surface area contributed by atoms with E-state index in [4.69, 9.17) is 0 Å². The van der Waals surface area contributed by atoms with E-state index < -0.39 is 14.7 Å². The van der Waals surface area contributed by atoms with Gasteiger partial charge in [-0.1, -0.05) is 0 Å². The Morgan fingerprint density at radius 2 is 1.29 bits per heavy atom. The Kier molecular flexibility index (Phi) is 8.11. The summed E-state index contributed by atoms with van der Waals surface area (Å²) in [6, 6.07) is 0. The van der Waals surface area contributed by atoms with E-state index in [-0.39, 0.29) is 0 Å². The molecule has 0 nitrogen and oxygen atoms in total. The van der Waals surface area contributed by atoms with Gasteiger partial charge in [0.1, 0.15) is 0 Å². The van der Waals surface area contributed by atoms with E-state index in [0.717, 1.165) is 0 Å². The van der Waals surface area contributed by atoms with Gasteiger partial charge in [-0.15, -0.1) is 0 Å². The van der Waals surface area contributed by atoms with Gasteiger partial charge in [-0.2, -0.15) is 0 Å². The molecule has 1 heteroatoms. The molecule has 0 atom stereocenters. The first-order chi connectivity index (χ1) is 6.58. The first kappa shape index (κ1) is 14.6. The normalized spacial score (nSPS) is 12.4. The van der Waals surface area contributed by atoms with Crippen LogP contribution in [-0.4, -0.2) is 14.7 Å². The summed E-state index contributed by atoms with van der Waals surface area (Å²) < 4.78 is 0.706. The molecular weight excluding hydrogens is 231 g/mol. The van der Waals surface area contributed by atoms with Crippen molar-refractivity contribution >= 4 is 14.7 Å². The fourth-order valence-corrected chi connectivity index (χ4v) is 8.51. The Labute approximate surface area is 96.1 Å². The van der Waals surface area contributed by atoms with E-state index >= 15 is 0 Å². The van der Waals surface area contributed by atoms with Crippen LogP contribution < -0.4 is 0 Å². The van der Waals surface area contributed by atoms with Gasteiger partial charge >= 0.3 is 96.0 Å². The van der Waals surface area contributed by atoms with Crippen LogP contribution >= 0.6 is 0 Å². The van der Waals surface area contributed by atoms with Crippen LogP contribution in [0.4, 0.5) is 0 Å². The summed E-state index contributed by atoms with van der Waals surface area (Å²) in [5.41, 5.74) is 0. The SMILES string of the molecule is CCCC[As](CCCC)C(C)(C)CC. The van der Waals surface area contributed by atoms with Crippen LogP contribution in [0.2, 0.25) is 14.6 Å². The molecule has 0 fully saturated rings. The Balaban J connectivity index is 4.08. The molecule has 0 aromatic heterocycles. The quantitative estimate of drug-likeness (QED) is 0.521. The molecule has 0 aromatic carbocycles. The Bertz CT molecular complexity index is 121. The zero-order valence-electron chi connectivity index (χ0n) is 10.9. The minimum absolute atomic E-state index is 0.550. The second-order valence-corrected chi connectivity index (χ2v) is 11.5. The van der Waals surface area contributed by atoms with Crippen molar-refractivity contribution < 1.29 is 0 Å². The van der Waals surface area contributed by atoms with Crippen LogP contribution in [0.5, 0.6) is 0 Å². The van der Waals surface area contributed by atoms with Gasteiger partial charge in [-0.25, -0.2) is 0 Å². The van der Waals surface area contributed by atoms with Gasteiger partial charge in [0.15, 0.2) is 0 Å². The second-order valence-electron chi connectivity index (χ2n) is 4.86. The molecule has 0 rings (SSSR count). The van der Waals surface area contributed by atoms with Gasteiger partial charge in [0.25, 0.3) is 0 Å². The van der Waals surface area contributed by atoms with Crippen molar-refractivity contribution in [3.8, 4) is 0 Å². The summed E-state index contributed by atoms with van der Waals surface area (Å²) in [5.74, 6) is 0. The van der Waals surface area contributed by atoms with Gasteiger partial charge in [-0.05, 0) is 0 Å². The fourth-order valence-electron chi connectivity index (χ4n) is 1.64. The van der Waals surface area contributed by atoms with Crippen molar-refractivity contribution in [1.82, 2.24) is 0 Å². The van der Waals surface area contributed by atoms with Crippen molar-refractivity contribution in [2.75, 3.05) is 0 Å². The van der Waals surface area contributed by atoms with E-state index in [1.165, 1.54) is 32.1 Å². The van der Waals surface area contributed by atoms with Crippen molar-refractivity contribution in [1.29, 1.82) is 0 Å². The van der Waals surface area contributed by atoms with Gasteiger partial charge in [0, 0.05) is 0 Å². The number of rotatable bonds is 8. The van der Waals surface area contributed by atoms with Crippen molar-refractivity contribution in [2.24, 2.45) is 0 Å². The average Bonchev–Trinajstić information content (AvgIpc) is 2.17. The van der Waals surface area contributed by atoms with E-state index in [1.54, 1.807) is 10.4 Å². The van der Waals surface area contributed by atoms with Crippen LogP contribution in [0.1, 0.15) is 66.7 Å². The van der Waals surface area contributed by atoms with Gasteiger partial charge in [-0.3, -0.25) is 0 Å². The molecule has 0 bridgehead atoms. The molecule has 0 unspecified atom stereocenters. The fraction of sp³-hybridized carbons (Fsp3) is 1.00. The Hall–Kier alpha value is 0.558. The average molecular weight is 260 g/mol. The summed E-state index contributed by atoms with van der Waals surface area (Å²) in [7, 11) is 0. The molecule has 14 heavy (non-hydrogen) atoms. The molecule has 0 heterocycles. The van der Waals surface area contributed by atoms with Crippen LogP contribution in [0.3, 0.4) is 0 Å². The molecule has 0 saturated carbocycles. The topological polar surface area (TPSA) is 0 Å². The first-order valence-electron chi connectivity index (χ1n) is 6.33. The standard InChI is InChI=1S/C13H29As/c1-6-9-11-14(12-10-7-2)13(4,5)8-3/h6-12H2,1-5H3. The maximum atomic E-state index is 2.51. The molecule has 0 N–H and O–H groups in total. The van der Waals surface area contributed by atoms with Gasteiger partial charge < -0.3 is 0 Å². The molecule has 0 aliphatic heterocycles. The van der Waals surface area contributed by atoms with Crippen LogP contribution in [0.15, 0.2) is 0 Å². The second kappa shape index (κ2) is 7.80. The summed E-state index contributed by atoms with van der Waals surface area (Å²) in [6.07, 6.45) is 7.12. The molecule has 0 aliphatic rings. The van der Waals surface area contributed by atoms with Crippen molar-refractivity contribution in [3.63, 3.8) is 0 Å². The van der Waals surface area contributed by atoms with Gasteiger partial charge in [0.05, 0.1) is 0 Å². The van der Waals surface area contributed by atoms with E-state index in [9.17, 15) is 0 Å². The molecule has 0 spiro atoms. The summed E-state index contributed by atoms with van der Waals surface area (Å²) in [6.45, 7) is 12.0. The predicted octanol–water partition coefficient (Wildman–Crippen LogP) is 5.27. The maximum absolute atomic E-state index is 2.51. The van der Waals surface area contributed by atoms with E-state index in [1.807, 2.05) is 0 Å². The van der Waals surface area contributed by atoms with Crippen LogP contribution in [-0.2, 0) is 0 Å². The molecule has 0 radical (unpaired) electrons. The molecule has 0 aromatic rings. The van der Waals surface area contributed by atoms with Crippen LogP contribution in [0.25, 0.3) is 0 Å². The van der Waals surface area contributed by atoms with E-state index in [2.05, 4.69) is 34.6 Å². The Morgan fingerprint density at radius 3 is 1.57 bits per heavy atom. The zero-order valence-corrected chi connectivity index (χ0v) is 12.8. The first-order valence-corrected chi connectivity index (χ1v) is 9.92. The molecule has 0 amide bonds. The van der Waals surface area contributed by atoms with Gasteiger partial charge in [0.2, 0.25) is 0 Å². The molecule has 86 valence electrons. The number of unbranched alkanes of at least 4 members (excludes halogenated alkanes) is 2. The summed E-state index contributed by atoms with van der Waals surface area (Å²) in [4.78, 5) is 0. The minimum atomic E-state index is -0.550. The monoisotopic (exact) mass is 260 g/mol. The predicted molar refractivity (Wildman–Crippen MR) is 69.5 cm³/mol.